The van der Waals surface area contributed by atoms with Gasteiger partial charge in [0.05, 0.1) is 14.2 Å². The van der Waals surface area contributed by atoms with Crippen molar-refractivity contribution in [1.29, 1.82) is 0 Å². The Bertz CT molecular complexity index is 584. The zero-order valence-corrected chi connectivity index (χ0v) is 11.7. The Morgan fingerprint density at radius 3 is 2.37 bits per heavy atom. The molecule has 0 aliphatic carbocycles. The van der Waals surface area contributed by atoms with Gasteiger partial charge in [0.1, 0.15) is 0 Å². The SMILES string of the molecule is COc1ccc(-c2cc(CN)ccc2Cl)cc1OC. The summed E-state index contributed by atoms with van der Waals surface area (Å²) in [4.78, 5) is 0. The van der Waals surface area contributed by atoms with Crippen molar-refractivity contribution in [2.75, 3.05) is 14.2 Å². The number of benzene rings is 2. The minimum absolute atomic E-state index is 0.484. The lowest BCUT2D eigenvalue weighted by Gasteiger charge is -2.11. The molecule has 0 atom stereocenters. The maximum Gasteiger partial charge on any atom is 0.161 e. The minimum Gasteiger partial charge on any atom is -0.493 e. The van der Waals surface area contributed by atoms with Crippen LogP contribution >= 0.6 is 11.6 Å². The van der Waals surface area contributed by atoms with Crippen LogP contribution in [0.4, 0.5) is 0 Å². The second-order valence-electron chi connectivity index (χ2n) is 4.09. The first kappa shape index (κ1) is 13.7. The molecule has 0 bridgehead atoms. The molecule has 0 radical (unpaired) electrons. The molecule has 0 saturated heterocycles. The highest BCUT2D eigenvalue weighted by molar-refractivity contribution is 6.33. The van der Waals surface area contributed by atoms with Gasteiger partial charge in [-0.25, -0.2) is 0 Å². The maximum atomic E-state index is 6.24. The highest BCUT2D eigenvalue weighted by Gasteiger charge is 2.09. The number of methoxy groups -OCH3 is 2. The Hall–Kier alpha value is -1.71. The quantitative estimate of drug-likeness (QED) is 0.930. The summed E-state index contributed by atoms with van der Waals surface area (Å²) < 4.78 is 10.5. The average Bonchev–Trinajstić information content (AvgIpc) is 2.47. The Morgan fingerprint density at radius 2 is 1.74 bits per heavy atom. The molecule has 0 aliphatic rings. The number of rotatable bonds is 4. The third-order valence-corrected chi connectivity index (χ3v) is 3.29. The number of halogens is 1. The smallest absolute Gasteiger partial charge is 0.161 e. The molecule has 4 heteroatoms. The van der Waals surface area contributed by atoms with Crippen molar-refractivity contribution < 1.29 is 9.47 Å². The third-order valence-electron chi connectivity index (χ3n) is 2.96. The lowest BCUT2D eigenvalue weighted by atomic mass is 10.0. The summed E-state index contributed by atoms with van der Waals surface area (Å²) in [6.45, 7) is 0.484. The fourth-order valence-corrected chi connectivity index (χ4v) is 2.15. The van der Waals surface area contributed by atoms with Gasteiger partial charge in [0.25, 0.3) is 0 Å². The van der Waals surface area contributed by atoms with Gasteiger partial charge in [-0.2, -0.15) is 0 Å². The van der Waals surface area contributed by atoms with Crippen LogP contribution in [0.15, 0.2) is 36.4 Å². The minimum atomic E-state index is 0.484. The predicted molar refractivity (Wildman–Crippen MR) is 77.9 cm³/mol. The molecule has 0 amide bonds. The van der Waals surface area contributed by atoms with E-state index in [4.69, 9.17) is 26.8 Å². The average molecular weight is 278 g/mol. The standard InChI is InChI=1S/C15H16ClNO2/c1-18-14-6-4-11(8-15(14)19-2)12-7-10(9-17)3-5-13(12)16/h3-8H,9,17H2,1-2H3. The fourth-order valence-electron chi connectivity index (χ4n) is 1.92. The van der Waals surface area contributed by atoms with Crippen molar-refractivity contribution in [2.24, 2.45) is 5.73 Å². The van der Waals surface area contributed by atoms with Gasteiger partial charge in [0.15, 0.2) is 11.5 Å². The Morgan fingerprint density at radius 1 is 1.00 bits per heavy atom. The van der Waals surface area contributed by atoms with Gasteiger partial charge in [-0.1, -0.05) is 23.7 Å². The van der Waals surface area contributed by atoms with E-state index in [0.29, 0.717) is 23.1 Å². The van der Waals surface area contributed by atoms with E-state index >= 15 is 0 Å². The molecule has 0 unspecified atom stereocenters. The molecule has 0 heterocycles. The van der Waals surface area contributed by atoms with E-state index < -0.39 is 0 Å². The molecular weight excluding hydrogens is 262 g/mol. The van der Waals surface area contributed by atoms with Crippen molar-refractivity contribution in [1.82, 2.24) is 0 Å². The third kappa shape index (κ3) is 2.83. The van der Waals surface area contributed by atoms with Gasteiger partial charge in [-0.15, -0.1) is 0 Å². The first-order valence-corrected chi connectivity index (χ1v) is 6.28. The highest BCUT2D eigenvalue weighted by atomic mass is 35.5. The predicted octanol–water partition coefficient (Wildman–Crippen LogP) is 3.48. The first-order valence-electron chi connectivity index (χ1n) is 5.90. The summed E-state index contributed by atoms with van der Waals surface area (Å²) in [6.07, 6.45) is 0. The Labute approximate surface area is 117 Å². The van der Waals surface area contributed by atoms with Gasteiger partial charge in [-0.3, -0.25) is 0 Å². The van der Waals surface area contributed by atoms with Crippen LogP contribution in [0.25, 0.3) is 11.1 Å². The second kappa shape index (κ2) is 5.95. The normalized spacial score (nSPS) is 10.3. The van der Waals surface area contributed by atoms with Gasteiger partial charge >= 0.3 is 0 Å². The van der Waals surface area contributed by atoms with Gasteiger partial charge in [0.2, 0.25) is 0 Å². The number of nitrogens with two attached hydrogens (primary N) is 1. The summed E-state index contributed by atoms with van der Waals surface area (Å²) in [5, 5.41) is 0.685. The lowest BCUT2D eigenvalue weighted by Crippen LogP contribution is -1.96. The monoisotopic (exact) mass is 277 g/mol. The topological polar surface area (TPSA) is 44.5 Å². The molecule has 2 aromatic carbocycles. The molecule has 0 fully saturated rings. The van der Waals surface area contributed by atoms with Gasteiger partial charge in [0, 0.05) is 17.1 Å². The van der Waals surface area contributed by atoms with Crippen molar-refractivity contribution in [3.8, 4) is 22.6 Å². The van der Waals surface area contributed by atoms with Crippen molar-refractivity contribution >= 4 is 11.6 Å². The number of hydrogen-bond donors (Lipinski definition) is 1. The fraction of sp³-hybridized carbons (Fsp3) is 0.200. The molecule has 0 saturated carbocycles. The van der Waals surface area contributed by atoms with Gasteiger partial charge in [-0.05, 0) is 35.4 Å². The van der Waals surface area contributed by atoms with Gasteiger partial charge < -0.3 is 15.2 Å². The summed E-state index contributed by atoms with van der Waals surface area (Å²) in [7, 11) is 3.22. The van der Waals surface area contributed by atoms with Crippen LogP contribution in [-0.4, -0.2) is 14.2 Å². The summed E-state index contributed by atoms with van der Waals surface area (Å²) in [5.41, 5.74) is 8.60. The second-order valence-corrected chi connectivity index (χ2v) is 4.50. The first-order chi connectivity index (χ1) is 9.19. The molecule has 0 aliphatic heterocycles. The Kier molecular flexibility index (Phi) is 4.30. The molecule has 2 rings (SSSR count). The molecule has 2 aromatic rings. The van der Waals surface area contributed by atoms with E-state index in [2.05, 4.69) is 0 Å². The van der Waals surface area contributed by atoms with Crippen LogP contribution in [0.3, 0.4) is 0 Å². The zero-order valence-electron chi connectivity index (χ0n) is 10.9. The van der Waals surface area contributed by atoms with Crippen molar-refractivity contribution in [2.45, 2.75) is 6.54 Å². The highest BCUT2D eigenvalue weighted by Crippen LogP contribution is 2.35. The Balaban J connectivity index is 2.52. The molecule has 3 nitrogen and oxygen atoms in total. The van der Waals surface area contributed by atoms with E-state index in [9.17, 15) is 0 Å². The number of ether oxygens (including phenoxy) is 2. The van der Waals surface area contributed by atoms with Crippen molar-refractivity contribution in [3.63, 3.8) is 0 Å². The molecule has 0 spiro atoms. The van der Waals surface area contributed by atoms with Crippen LogP contribution in [0, 0.1) is 0 Å². The molecule has 0 aromatic heterocycles. The largest absolute Gasteiger partial charge is 0.493 e. The van der Waals surface area contributed by atoms with Crippen LogP contribution in [0.1, 0.15) is 5.56 Å². The molecule has 19 heavy (non-hydrogen) atoms. The van der Waals surface area contributed by atoms with E-state index in [1.807, 2.05) is 36.4 Å². The zero-order chi connectivity index (χ0) is 13.8. The van der Waals surface area contributed by atoms with Crippen LogP contribution in [0.5, 0.6) is 11.5 Å². The van der Waals surface area contributed by atoms with Crippen LogP contribution in [-0.2, 0) is 6.54 Å². The summed E-state index contributed by atoms with van der Waals surface area (Å²) >= 11 is 6.24. The lowest BCUT2D eigenvalue weighted by molar-refractivity contribution is 0.355. The molecular formula is C15H16ClNO2. The molecule has 100 valence electrons. The molecule has 2 N–H and O–H groups in total. The van der Waals surface area contributed by atoms with Crippen molar-refractivity contribution in [3.05, 3.63) is 47.0 Å². The van der Waals surface area contributed by atoms with E-state index in [1.54, 1.807) is 14.2 Å². The summed E-state index contributed by atoms with van der Waals surface area (Å²) in [5.74, 6) is 1.37. The maximum absolute atomic E-state index is 6.24. The van der Waals surface area contributed by atoms with Crippen LogP contribution < -0.4 is 15.2 Å². The van der Waals surface area contributed by atoms with E-state index in [1.165, 1.54) is 0 Å². The van der Waals surface area contributed by atoms with E-state index in [-0.39, 0.29) is 0 Å². The van der Waals surface area contributed by atoms with E-state index in [0.717, 1.165) is 16.7 Å². The summed E-state index contributed by atoms with van der Waals surface area (Å²) in [6, 6.07) is 11.5. The van der Waals surface area contributed by atoms with Crippen LogP contribution in [0.2, 0.25) is 5.02 Å². The number of hydrogen-bond acceptors (Lipinski definition) is 3.